The molecule has 3 rings (SSSR count). The van der Waals surface area contributed by atoms with Crippen molar-refractivity contribution in [2.45, 2.75) is 25.3 Å². The number of aromatic nitrogens is 2. The predicted octanol–water partition coefficient (Wildman–Crippen LogP) is 1.80. The maximum Gasteiger partial charge on any atom is 0.128 e. The van der Waals surface area contributed by atoms with Crippen LogP contribution in [0.4, 0.5) is 11.5 Å². The fraction of sp³-hybridized carbons (Fsp3) is 0.400. The number of anilines is 2. The van der Waals surface area contributed by atoms with Crippen molar-refractivity contribution in [3.8, 4) is 0 Å². The first-order valence-electron chi connectivity index (χ1n) is 7.06. The highest BCUT2D eigenvalue weighted by Gasteiger charge is 2.24. The molecule has 1 atom stereocenters. The normalized spacial score (nSPS) is 17.6. The monoisotopic (exact) mass is 272 g/mol. The van der Waals surface area contributed by atoms with Gasteiger partial charge in [-0.3, -0.25) is 0 Å². The minimum Gasteiger partial charge on any atom is -0.399 e. The third-order valence-corrected chi connectivity index (χ3v) is 3.78. The van der Waals surface area contributed by atoms with Gasteiger partial charge in [-0.15, -0.1) is 0 Å². The summed E-state index contributed by atoms with van der Waals surface area (Å²) in [5.41, 5.74) is 9.04. The predicted molar refractivity (Wildman–Crippen MR) is 79.7 cm³/mol. The Morgan fingerprint density at radius 3 is 3.15 bits per heavy atom. The van der Waals surface area contributed by atoms with E-state index < -0.39 is 0 Å². The molecule has 2 aromatic rings. The second-order valence-electron chi connectivity index (χ2n) is 5.19. The summed E-state index contributed by atoms with van der Waals surface area (Å²) in [6.45, 7) is 1.14. The van der Waals surface area contributed by atoms with Crippen molar-refractivity contribution in [1.29, 1.82) is 0 Å². The molecular formula is C15H20N4O. The maximum absolute atomic E-state index is 8.97. The van der Waals surface area contributed by atoms with Gasteiger partial charge in [0.05, 0.1) is 12.2 Å². The molecule has 1 aromatic carbocycles. The van der Waals surface area contributed by atoms with Crippen molar-refractivity contribution >= 4 is 11.5 Å². The standard InChI is InChI=1S/C15H20N4O/c16-13-5-1-3-11(9-13)14-6-7-17-15-12(4-2-8-20)10-18-19(14)15/h1,3,5,9-10,14,17,20H,2,4,6-8,16H2. The number of nitrogen functional groups attached to an aromatic ring is 1. The molecule has 0 radical (unpaired) electrons. The highest BCUT2D eigenvalue weighted by molar-refractivity contribution is 5.48. The number of nitrogens with two attached hydrogens (primary N) is 1. The van der Waals surface area contributed by atoms with Crippen molar-refractivity contribution in [2.24, 2.45) is 0 Å². The van der Waals surface area contributed by atoms with Gasteiger partial charge in [0.2, 0.25) is 0 Å². The molecule has 0 saturated carbocycles. The summed E-state index contributed by atoms with van der Waals surface area (Å²) < 4.78 is 2.05. The van der Waals surface area contributed by atoms with Crippen LogP contribution < -0.4 is 11.1 Å². The van der Waals surface area contributed by atoms with Crippen LogP contribution >= 0.6 is 0 Å². The summed E-state index contributed by atoms with van der Waals surface area (Å²) in [5, 5.41) is 16.9. The molecule has 2 heterocycles. The van der Waals surface area contributed by atoms with Crippen molar-refractivity contribution in [1.82, 2.24) is 9.78 Å². The fourth-order valence-corrected chi connectivity index (χ4v) is 2.80. The number of hydrogen-bond donors (Lipinski definition) is 3. The minimum absolute atomic E-state index is 0.212. The summed E-state index contributed by atoms with van der Waals surface area (Å²) in [4.78, 5) is 0. The summed E-state index contributed by atoms with van der Waals surface area (Å²) in [6.07, 6.45) is 4.52. The van der Waals surface area contributed by atoms with Gasteiger partial charge in [0.1, 0.15) is 5.82 Å². The molecule has 1 aromatic heterocycles. The van der Waals surface area contributed by atoms with Crippen LogP contribution in [0.3, 0.4) is 0 Å². The van der Waals surface area contributed by atoms with Gasteiger partial charge in [-0.25, -0.2) is 4.68 Å². The molecule has 20 heavy (non-hydrogen) atoms. The first-order chi connectivity index (χ1) is 9.79. The van der Waals surface area contributed by atoms with Crippen molar-refractivity contribution in [3.05, 3.63) is 41.6 Å². The van der Waals surface area contributed by atoms with Gasteiger partial charge in [-0.1, -0.05) is 12.1 Å². The van der Waals surface area contributed by atoms with Crippen molar-refractivity contribution in [3.63, 3.8) is 0 Å². The molecule has 5 heteroatoms. The van der Waals surface area contributed by atoms with E-state index in [0.29, 0.717) is 0 Å². The number of aryl methyl sites for hydroxylation is 1. The number of nitrogens with one attached hydrogen (secondary N) is 1. The van der Waals surface area contributed by atoms with Gasteiger partial charge < -0.3 is 16.2 Å². The van der Waals surface area contributed by atoms with Gasteiger partial charge in [0, 0.05) is 24.4 Å². The number of aliphatic hydroxyl groups is 1. The van der Waals surface area contributed by atoms with Gasteiger partial charge in [-0.2, -0.15) is 5.10 Å². The third-order valence-electron chi connectivity index (χ3n) is 3.78. The topological polar surface area (TPSA) is 76.1 Å². The fourth-order valence-electron chi connectivity index (χ4n) is 2.80. The highest BCUT2D eigenvalue weighted by Crippen LogP contribution is 2.32. The Labute approximate surface area is 118 Å². The second kappa shape index (κ2) is 5.54. The maximum atomic E-state index is 8.97. The van der Waals surface area contributed by atoms with E-state index in [1.807, 2.05) is 29.1 Å². The number of nitrogens with zero attached hydrogens (tertiary/aromatic N) is 2. The zero-order valence-electron chi connectivity index (χ0n) is 11.4. The summed E-state index contributed by atoms with van der Waals surface area (Å²) >= 11 is 0. The lowest BCUT2D eigenvalue weighted by Crippen LogP contribution is -2.25. The zero-order valence-corrected chi connectivity index (χ0v) is 11.4. The van der Waals surface area contributed by atoms with Gasteiger partial charge >= 0.3 is 0 Å². The number of fused-ring (bicyclic) bond motifs is 1. The Morgan fingerprint density at radius 1 is 1.45 bits per heavy atom. The lowest BCUT2D eigenvalue weighted by atomic mass is 10.0. The molecule has 1 aliphatic rings. The smallest absolute Gasteiger partial charge is 0.128 e. The Kier molecular flexibility index (Phi) is 3.60. The molecule has 1 aliphatic heterocycles. The first kappa shape index (κ1) is 13.0. The van der Waals surface area contributed by atoms with E-state index in [1.54, 1.807) is 0 Å². The van der Waals surface area contributed by atoms with Crippen LogP contribution in [0.2, 0.25) is 0 Å². The molecule has 0 spiro atoms. The number of hydrogen-bond acceptors (Lipinski definition) is 4. The van der Waals surface area contributed by atoms with E-state index in [-0.39, 0.29) is 12.6 Å². The Hall–Kier alpha value is -2.01. The van der Waals surface area contributed by atoms with E-state index in [1.165, 1.54) is 11.1 Å². The molecule has 5 nitrogen and oxygen atoms in total. The SMILES string of the molecule is Nc1cccc(C2CCNc3c(CCCO)cnn32)c1. The van der Waals surface area contributed by atoms with E-state index in [2.05, 4.69) is 16.5 Å². The molecule has 0 bridgehead atoms. The molecule has 106 valence electrons. The Bertz CT molecular complexity index is 593. The zero-order chi connectivity index (χ0) is 13.9. The molecule has 1 unspecified atom stereocenters. The Balaban J connectivity index is 1.92. The first-order valence-corrected chi connectivity index (χ1v) is 7.06. The van der Waals surface area contributed by atoms with E-state index >= 15 is 0 Å². The van der Waals surface area contributed by atoms with Gasteiger partial charge in [0.15, 0.2) is 0 Å². The summed E-state index contributed by atoms with van der Waals surface area (Å²) in [7, 11) is 0. The summed E-state index contributed by atoms with van der Waals surface area (Å²) in [5.74, 6) is 1.08. The second-order valence-corrected chi connectivity index (χ2v) is 5.19. The molecule has 0 saturated heterocycles. The largest absolute Gasteiger partial charge is 0.399 e. The quantitative estimate of drug-likeness (QED) is 0.742. The van der Waals surface area contributed by atoms with E-state index in [9.17, 15) is 0 Å². The van der Waals surface area contributed by atoms with Crippen LogP contribution in [0.1, 0.15) is 30.0 Å². The number of benzene rings is 1. The third kappa shape index (κ3) is 2.36. The minimum atomic E-state index is 0.212. The molecular weight excluding hydrogens is 252 g/mol. The molecule has 4 N–H and O–H groups in total. The lowest BCUT2D eigenvalue weighted by molar-refractivity contribution is 0.288. The lowest BCUT2D eigenvalue weighted by Gasteiger charge is -2.27. The van der Waals surface area contributed by atoms with Crippen LogP contribution in [0.15, 0.2) is 30.5 Å². The average molecular weight is 272 g/mol. The van der Waals surface area contributed by atoms with Gasteiger partial charge in [-0.05, 0) is 37.0 Å². The summed E-state index contributed by atoms with van der Waals surface area (Å²) in [6, 6.07) is 8.25. The van der Waals surface area contributed by atoms with Crippen LogP contribution in [0.25, 0.3) is 0 Å². The van der Waals surface area contributed by atoms with Crippen LogP contribution in [0, 0.1) is 0 Å². The Morgan fingerprint density at radius 2 is 2.35 bits per heavy atom. The van der Waals surface area contributed by atoms with Crippen LogP contribution in [-0.4, -0.2) is 28.0 Å². The van der Waals surface area contributed by atoms with Crippen molar-refractivity contribution < 1.29 is 5.11 Å². The molecule has 0 fully saturated rings. The average Bonchev–Trinajstić information content (AvgIpc) is 2.88. The van der Waals surface area contributed by atoms with Crippen LogP contribution in [0.5, 0.6) is 0 Å². The molecule has 0 amide bonds. The van der Waals surface area contributed by atoms with E-state index in [4.69, 9.17) is 10.8 Å². The van der Waals surface area contributed by atoms with Crippen molar-refractivity contribution in [2.75, 3.05) is 24.2 Å². The number of rotatable bonds is 4. The van der Waals surface area contributed by atoms with E-state index in [0.717, 1.165) is 37.3 Å². The highest BCUT2D eigenvalue weighted by atomic mass is 16.2. The molecule has 0 aliphatic carbocycles. The van der Waals surface area contributed by atoms with Crippen LogP contribution in [-0.2, 0) is 6.42 Å². The number of aliphatic hydroxyl groups excluding tert-OH is 1. The van der Waals surface area contributed by atoms with Gasteiger partial charge in [0.25, 0.3) is 0 Å².